The number of hydrogen-bond acceptors (Lipinski definition) is 0. The second-order valence-electron chi connectivity index (χ2n) is 9.82. The van der Waals surface area contributed by atoms with Gasteiger partial charge >= 0.3 is 205 Å². The summed E-state index contributed by atoms with van der Waals surface area (Å²) in [7, 11) is 0. The van der Waals surface area contributed by atoms with Crippen LogP contribution in [0.15, 0.2) is 88.2 Å². The average Bonchev–Trinajstić information content (AvgIpc) is 3.53. The van der Waals surface area contributed by atoms with Crippen molar-refractivity contribution in [3.63, 3.8) is 0 Å². The maximum absolute atomic E-state index is 2.54. The van der Waals surface area contributed by atoms with Gasteiger partial charge in [-0.15, -0.1) is 0 Å². The largest absolute Gasteiger partial charge is 1.00 e. The first-order chi connectivity index (χ1) is 16.4. The molecule has 0 unspecified atom stereocenters. The molecule has 1 saturated carbocycles. The maximum Gasteiger partial charge on any atom is -1.00 e. The fourth-order valence-corrected chi connectivity index (χ4v) is 15.0. The van der Waals surface area contributed by atoms with Gasteiger partial charge in [-0.1, -0.05) is 0 Å². The van der Waals surface area contributed by atoms with Gasteiger partial charge in [0.15, 0.2) is 0 Å². The Morgan fingerprint density at radius 2 is 1.43 bits per heavy atom. The number of halogens is 2. The van der Waals surface area contributed by atoms with Gasteiger partial charge in [0.25, 0.3) is 0 Å². The van der Waals surface area contributed by atoms with Crippen LogP contribution in [0.25, 0.3) is 32.7 Å². The summed E-state index contributed by atoms with van der Waals surface area (Å²) in [4.78, 5) is 0. The molecule has 0 atom stereocenters. The van der Waals surface area contributed by atoms with Gasteiger partial charge in [-0.2, -0.15) is 0 Å². The smallest absolute Gasteiger partial charge is 1.00 e. The molecule has 4 aromatic carbocycles. The first-order valence-electron chi connectivity index (χ1n) is 12.5. The minimum absolute atomic E-state index is 0. The van der Waals surface area contributed by atoms with E-state index in [1.54, 1.807) is 17.5 Å². The van der Waals surface area contributed by atoms with E-state index in [4.69, 9.17) is 0 Å². The predicted octanol–water partition coefficient (Wildman–Crippen LogP) is 1.80. The summed E-state index contributed by atoms with van der Waals surface area (Å²) in [6.45, 7) is 0. The third-order valence-corrected chi connectivity index (χ3v) is 15.8. The molecule has 3 aliphatic carbocycles. The fraction of sp³-hybridized carbons (Fsp3) is 0.219. The van der Waals surface area contributed by atoms with Crippen molar-refractivity contribution in [2.45, 2.75) is 44.9 Å². The van der Waals surface area contributed by atoms with E-state index >= 15 is 0 Å². The van der Waals surface area contributed by atoms with Crippen LogP contribution in [0, 0.1) is 0 Å². The summed E-state index contributed by atoms with van der Waals surface area (Å²) in [5, 5.41) is 5.96. The van der Waals surface area contributed by atoms with Crippen LogP contribution in [0.4, 0.5) is 0 Å². The second-order valence-corrected chi connectivity index (χ2v) is 16.3. The van der Waals surface area contributed by atoms with Crippen molar-refractivity contribution >= 4 is 28.0 Å². The normalized spacial score (nSPS) is 15.6. The fourth-order valence-electron chi connectivity index (χ4n) is 6.58. The monoisotopic (exact) mass is 572 g/mol. The Morgan fingerprint density at radius 1 is 0.686 bits per heavy atom. The van der Waals surface area contributed by atoms with E-state index in [2.05, 4.69) is 85.0 Å². The van der Waals surface area contributed by atoms with Gasteiger partial charge in [-0.3, -0.25) is 0 Å². The Hall–Kier alpha value is -1.79. The minimum atomic E-state index is -2.13. The van der Waals surface area contributed by atoms with Crippen LogP contribution in [0.2, 0.25) is 0 Å². The first-order valence-corrected chi connectivity index (χ1v) is 16.2. The van der Waals surface area contributed by atoms with Gasteiger partial charge in [0.1, 0.15) is 0 Å². The van der Waals surface area contributed by atoms with Gasteiger partial charge in [-0.05, 0) is 0 Å². The maximum atomic E-state index is 2.54. The van der Waals surface area contributed by atoms with E-state index in [1.165, 1.54) is 71.4 Å². The molecule has 0 bridgehead atoms. The minimum Gasteiger partial charge on any atom is -1.00 e. The van der Waals surface area contributed by atoms with Gasteiger partial charge in [0.2, 0.25) is 0 Å². The van der Waals surface area contributed by atoms with Crippen molar-refractivity contribution in [2.24, 2.45) is 0 Å². The van der Waals surface area contributed by atoms with Crippen LogP contribution in [-0.2, 0) is 27.7 Å². The van der Waals surface area contributed by atoms with Gasteiger partial charge in [0.05, 0.1) is 0 Å². The van der Waals surface area contributed by atoms with Crippen molar-refractivity contribution in [2.75, 3.05) is 0 Å². The van der Waals surface area contributed by atoms with Crippen LogP contribution in [0.5, 0.6) is 0 Å². The van der Waals surface area contributed by atoms with E-state index in [0.717, 1.165) is 6.42 Å². The molecule has 3 aliphatic rings. The number of fused-ring (bicyclic) bond motifs is 8. The van der Waals surface area contributed by atoms with Crippen LogP contribution in [0.1, 0.15) is 49.7 Å². The zero-order chi connectivity index (χ0) is 21.8. The van der Waals surface area contributed by atoms with Crippen molar-refractivity contribution in [3.8, 4) is 11.1 Å². The van der Waals surface area contributed by atoms with Gasteiger partial charge in [-0.25, -0.2) is 0 Å². The molecule has 0 radical (unpaired) electrons. The number of rotatable bonds is 2. The molecule has 35 heavy (non-hydrogen) atoms. The second kappa shape index (κ2) is 10.3. The molecule has 1 fully saturated rings. The average molecular weight is 575 g/mol. The Labute approximate surface area is 228 Å². The molecule has 7 rings (SSSR count). The summed E-state index contributed by atoms with van der Waals surface area (Å²) in [6, 6.07) is 25.6. The Kier molecular flexibility index (Phi) is 7.32. The van der Waals surface area contributed by atoms with E-state index < -0.39 is 21.3 Å². The van der Waals surface area contributed by atoms with Gasteiger partial charge < -0.3 is 24.8 Å². The van der Waals surface area contributed by atoms with Crippen LogP contribution in [0.3, 0.4) is 0 Å². The van der Waals surface area contributed by atoms with Crippen molar-refractivity contribution in [3.05, 3.63) is 99.4 Å². The van der Waals surface area contributed by atoms with Crippen LogP contribution >= 0.6 is 0 Å². The molecule has 0 nitrogen and oxygen atoms in total. The Bertz CT molecular complexity index is 1530. The summed E-state index contributed by atoms with van der Waals surface area (Å²) >= 11 is -2.13. The van der Waals surface area contributed by atoms with E-state index in [9.17, 15) is 0 Å². The first kappa shape index (κ1) is 24.9. The predicted molar refractivity (Wildman–Crippen MR) is 139 cm³/mol. The molecule has 4 aromatic rings. The molecule has 0 heterocycles. The van der Waals surface area contributed by atoms with Crippen LogP contribution < -0.4 is 28.1 Å². The van der Waals surface area contributed by atoms with E-state index in [-0.39, 0.29) is 24.8 Å². The summed E-state index contributed by atoms with van der Waals surface area (Å²) in [6.07, 6.45) is 16.4. The topological polar surface area (TPSA) is 0 Å². The Balaban J connectivity index is 0.00000127. The summed E-state index contributed by atoms with van der Waals surface area (Å²) in [5.41, 5.74) is 6.06. The van der Waals surface area contributed by atoms with Crippen molar-refractivity contribution < 1.29 is 46.1 Å². The third-order valence-electron chi connectivity index (χ3n) is 7.98. The number of allylic oxidation sites excluding steroid dienone is 4. The zero-order valence-electron chi connectivity index (χ0n) is 19.8. The molecular weight excluding hydrogens is 546 g/mol. The molecular formula is C32H28Cl2Zr. The van der Waals surface area contributed by atoms with Gasteiger partial charge in [0, 0.05) is 0 Å². The number of benzene rings is 4. The third kappa shape index (κ3) is 4.05. The molecule has 0 aromatic heterocycles. The van der Waals surface area contributed by atoms with Crippen LogP contribution in [-0.4, -0.2) is 3.21 Å². The molecule has 0 aliphatic heterocycles. The number of hydrogen-bond donors (Lipinski definition) is 0. The quantitative estimate of drug-likeness (QED) is 0.282. The van der Waals surface area contributed by atoms with Crippen molar-refractivity contribution in [1.29, 1.82) is 0 Å². The Morgan fingerprint density at radius 3 is 2.23 bits per heavy atom. The molecule has 174 valence electrons. The molecule has 0 N–H and O–H groups in total. The molecule has 0 amide bonds. The summed E-state index contributed by atoms with van der Waals surface area (Å²) < 4.78 is 5.50. The van der Waals surface area contributed by atoms with E-state index in [1.807, 2.05) is 3.21 Å². The SMILES string of the molecule is C1=CC[C]([Zr+2](=[C]2CCCCC2)[c]2cccc3c2c2c(c4ccccc43)-c3ccccc3C2)=C1.[Cl-].[Cl-]. The molecule has 0 spiro atoms. The zero-order valence-corrected chi connectivity index (χ0v) is 23.8. The molecule has 3 heteroatoms. The van der Waals surface area contributed by atoms with Crippen molar-refractivity contribution in [1.82, 2.24) is 0 Å². The standard InChI is InChI=1S/C21H13.C6H10.C5H5.2ClH.Zr/c1-2-8-15-14(7-1)13-20-18-11-4-3-9-16(18)17-10-5-6-12-19(17)21(15)20;1-2-4-6-5-3-1;1-2-4-5-3-1;;;/h1-10,12H,13H2;1-5H2;1-3H,4H2;2*1H;/q;;;;;+2/p-2. The van der Waals surface area contributed by atoms with E-state index in [0.29, 0.717) is 0 Å². The molecule has 0 saturated heterocycles. The summed E-state index contributed by atoms with van der Waals surface area (Å²) in [5.74, 6) is 0.